The molecular formula is C38H35N5O6. The Kier molecular flexibility index (Phi) is 8.79. The molecule has 1 unspecified atom stereocenters. The van der Waals surface area contributed by atoms with Gasteiger partial charge in [0.25, 0.3) is 5.91 Å². The van der Waals surface area contributed by atoms with Gasteiger partial charge in [0, 0.05) is 12.0 Å². The zero-order valence-electron chi connectivity index (χ0n) is 26.9. The molecule has 248 valence electrons. The number of anilines is 1. The maximum Gasteiger partial charge on any atom is 0.256 e. The number of nitrogens with one attached hydrogen (secondary N) is 1. The van der Waals surface area contributed by atoms with Crippen molar-refractivity contribution in [1.82, 2.24) is 19.5 Å². The highest BCUT2D eigenvalue weighted by Crippen LogP contribution is 2.47. The summed E-state index contributed by atoms with van der Waals surface area (Å²) in [5.74, 6) is 1.24. The fourth-order valence-electron chi connectivity index (χ4n) is 6.73. The maximum absolute atomic E-state index is 12.9. The summed E-state index contributed by atoms with van der Waals surface area (Å²) in [7, 11) is 3.22. The number of fused-ring (bicyclic) bond motifs is 1. The number of carbonyl (C=O) groups is 1. The summed E-state index contributed by atoms with van der Waals surface area (Å²) >= 11 is 0. The van der Waals surface area contributed by atoms with Crippen molar-refractivity contribution < 1.29 is 29.2 Å². The number of aliphatic hydroxyl groups excluding tert-OH is 2. The van der Waals surface area contributed by atoms with Crippen LogP contribution in [0.1, 0.15) is 39.7 Å². The van der Waals surface area contributed by atoms with Crippen LogP contribution in [0.15, 0.2) is 122 Å². The molecule has 3 heterocycles. The van der Waals surface area contributed by atoms with Crippen molar-refractivity contribution in [3.8, 4) is 11.5 Å². The second-order valence-electron chi connectivity index (χ2n) is 11.8. The van der Waals surface area contributed by atoms with Gasteiger partial charge in [0.15, 0.2) is 23.2 Å². The van der Waals surface area contributed by atoms with Crippen molar-refractivity contribution in [2.75, 3.05) is 19.5 Å². The van der Waals surface area contributed by atoms with Crippen LogP contribution in [0.2, 0.25) is 0 Å². The van der Waals surface area contributed by atoms with E-state index >= 15 is 0 Å². The van der Waals surface area contributed by atoms with Crippen molar-refractivity contribution in [3.05, 3.63) is 144 Å². The molecule has 0 spiro atoms. The highest BCUT2D eigenvalue weighted by molar-refractivity contribution is 6.06. The highest BCUT2D eigenvalue weighted by atomic mass is 16.5. The zero-order chi connectivity index (χ0) is 34.0. The first-order valence-electron chi connectivity index (χ1n) is 15.8. The van der Waals surface area contributed by atoms with E-state index in [1.807, 2.05) is 84.9 Å². The molecule has 6 aromatic rings. The van der Waals surface area contributed by atoms with Crippen LogP contribution in [-0.2, 0) is 10.2 Å². The van der Waals surface area contributed by atoms with Crippen molar-refractivity contribution in [1.29, 1.82) is 0 Å². The van der Waals surface area contributed by atoms with Crippen molar-refractivity contribution in [2.24, 2.45) is 0 Å². The lowest BCUT2D eigenvalue weighted by atomic mass is 9.64. The summed E-state index contributed by atoms with van der Waals surface area (Å²) in [4.78, 5) is 26.0. The molecule has 1 fully saturated rings. The molecule has 3 N–H and O–H groups in total. The van der Waals surface area contributed by atoms with Gasteiger partial charge in [0.05, 0.1) is 38.2 Å². The monoisotopic (exact) mass is 657 g/mol. The highest BCUT2D eigenvalue weighted by Gasteiger charge is 2.51. The molecule has 11 nitrogen and oxygen atoms in total. The third-order valence-electron chi connectivity index (χ3n) is 9.13. The van der Waals surface area contributed by atoms with Gasteiger partial charge in [-0.05, 0) is 53.1 Å². The number of imidazole rings is 1. The molecule has 4 aromatic carbocycles. The number of nitrogens with zero attached hydrogens (tertiary/aromatic N) is 4. The van der Waals surface area contributed by atoms with E-state index in [-0.39, 0.29) is 18.1 Å². The number of ether oxygens (including phenoxy) is 3. The van der Waals surface area contributed by atoms with Gasteiger partial charge >= 0.3 is 0 Å². The Morgan fingerprint density at radius 1 is 0.837 bits per heavy atom. The molecule has 2 aromatic heterocycles. The lowest BCUT2D eigenvalue weighted by molar-refractivity contribution is -0.0857. The summed E-state index contributed by atoms with van der Waals surface area (Å²) < 4.78 is 19.1. The van der Waals surface area contributed by atoms with Crippen molar-refractivity contribution in [2.45, 2.75) is 36.4 Å². The van der Waals surface area contributed by atoms with Crippen LogP contribution in [0, 0.1) is 0 Å². The number of hydrogen-bond donors (Lipinski definition) is 3. The zero-order valence-corrected chi connectivity index (χ0v) is 26.9. The van der Waals surface area contributed by atoms with Gasteiger partial charge in [-0.1, -0.05) is 72.8 Å². The fourth-order valence-corrected chi connectivity index (χ4v) is 6.73. The molecule has 0 aliphatic carbocycles. The van der Waals surface area contributed by atoms with E-state index in [9.17, 15) is 15.0 Å². The predicted octanol–water partition coefficient (Wildman–Crippen LogP) is 5.14. The Bertz CT molecular complexity index is 1990. The van der Waals surface area contributed by atoms with Crippen LogP contribution in [0.4, 0.5) is 5.82 Å². The summed E-state index contributed by atoms with van der Waals surface area (Å²) in [6, 6.07) is 33.7. The molecule has 0 radical (unpaired) electrons. The lowest BCUT2D eigenvalue weighted by Gasteiger charge is -2.42. The maximum atomic E-state index is 12.9. The topological polar surface area (TPSA) is 141 Å². The van der Waals surface area contributed by atoms with E-state index in [2.05, 4.69) is 20.3 Å². The standard InChI is InChI=1S/C38H35N5O6/c1-47-28-17-13-26(14-18-28)38(25-11-7-4-8-12-25,27-15-19-29(48-2)20-16-27)33(45)31-21-30(44)37(49-31)43-23-41-32-34(39-22-40-35(32)43)42-36(46)24-9-5-3-6-10-24/h3-20,22-23,30-31,33,37,44-45H,21H2,1-2H3,(H,39,40,42,46)/t30-,31+,33?,37-/m1/s1. The Hall–Kier alpha value is -5.62. The van der Waals surface area contributed by atoms with Crippen LogP contribution in [0.5, 0.6) is 11.5 Å². The number of carbonyl (C=O) groups excluding carboxylic acids is 1. The Morgan fingerprint density at radius 2 is 1.41 bits per heavy atom. The summed E-state index contributed by atoms with van der Waals surface area (Å²) in [6.07, 6.45) is -1.02. The lowest BCUT2D eigenvalue weighted by Crippen LogP contribution is -2.48. The molecule has 11 heteroatoms. The van der Waals surface area contributed by atoms with E-state index in [1.54, 1.807) is 43.1 Å². The van der Waals surface area contributed by atoms with Crippen LogP contribution in [0.3, 0.4) is 0 Å². The molecule has 1 amide bonds. The summed E-state index contributed by atoms with van der Waals surface area (Å²) in [6.45, 7) is 0. The van der Waals surface area contributed by atoms with Crippen molar-refractivity contribution in [3.63, 3.8) is 0 Å². The number of aliphatic hydroxyl groups is 2. The quantitative estimate of drug-likeness (QED) is 0.171. The molecule has 1 saturated heterocycles. The van der Waals surface area contributed by atoms with Crippen LogP contribution < -0.4 is 14.8 Å². The smallest absolute Gasteiger partial charge is 0.256 e. The number of aromatic nitrogens is 4. The van der Waals surface area contributed by atoms with Gasteiger partial charge in [-0.2, -0.15) is 0 Å². The van der Waals surface area contributed by atoms with Gasteiger partial charge in [-0.3, -0.25) is 9.36 Å². The molecule has 49 heavy (non-hydrogen) atoms. The molecule has 0 bridgehead atoms. The number of hydrogen-bond acceptors (Lipinski definition) is 9. The van der Waals surface area contributed by atoms with Gasteiger partial charge < -0.3 is 29.7 Å². The predicted molar refractivity (Wildman–Crippen MR) is 183 cm³/mol. The molecule has 4 atom stereocenters. The first-order valence-corrected chi connectivity index (χ1v) is 15.8. The van der Waals surface area contributed by atoms with E-state index in [4.69, 9.17) is 14.2 Å². The molecule has 1 aliphatic heterocycles. The normalized spacial score (nSPS) is 18.2. The van der Waals surface area contributed by atoms with Crippen LogP contribution >= 0.6 is 0 Å². The SMILES string of the molecule is COc1ccc(C(c2ccccc2)(c2ccc(OC)cc2)C(O)[C@@H]2C[C@@H](O)[C@H](n3cnc4c(NC(=O)c5ccccc5)ncnc43)O2)cc1. The largest absolute Gasteiger partial charge is 0.497 e. The van der Waals surface area contributed by atoms with Gasteiger partial charge in [-0.25, -0.2) is 15.0 Å². The number of amides is 1. The minimum Gasteiger partial charge on any atom is -0.497 e. The first-order chi connectivity index (χ1) is 23.9. The Morgan fingerprint density at radius 3 is 2.00 bits per heavy atom. The van der Waals surface area contributed by atoms with E-state index in [1.165, 1.54) is 12.7 Å². The van der Waals surface area contributed by atoms with E-state index in [0.717, 1.165) is 16.7 Å². The molecule has 1 aliphatic rings. The molecule has 0 saturated carbocycles. The van der Waals surface area contributed by atoms with Crippen LogP contribution in [0.25, 0.3) is 11.2 Å². The van der Waals surface area contributed by atoms with Gasteiger partial charge in [-0.15, -0.1) is 0 Å². The van der Waals surface area contributed by atoms with E-state index < -0.39 is 30.0 Å². The average Bonchev–Trinajstić information content (AvgIpc) is 3.77. The minimum atomic E-state index is -1.18. The second-order valence-corrected chi connectivity index (χ2v) is 11.8. The summed E-state index contributed by atoms with van der Waals surface area (Å²) in [5, 5.41) is 27.0. The fraction of sp³-hybridized carbons (Fsp3) is 0.211. The Balaban J connectivity index is 1.27. The molecule has 7 rings (SSSR count). The number of methoxy groups -OCH3 is 2. The molecular weight excluding hydrogens is 622 g/mol. The van der Waals surface area contributed by atoms with Crippen molar-refractivity contribution >= 4 is 22.9 Å². The second kappa shape index (κ2) is 13.5. The number of rotatable bonds is 10. The first kappa shape index (κ1) is 32.0. The Labute approximate surface area is 282 Å². The summed E-state index contributed by atoms with van der Waals surface area (Å²) in [5.41, 5.74) is 2.47. The third-order valence-corrected chi connectivity index (χ3v) is 9.13. The third kappa shape index (κ3) is 5.78. The van der Waals surface area contributed by atoms with Gasteiger partial charge in [0.1, 0.15) is 23.9 Å². The minimum absolute atomic E-state index is 0.120. The van der Waals surface area contributed by atoms with E-state index in [0.29, 0.717) is 28.2 Å². The average molecular weight is 658 g/mol. The number of benzene rings is 4. The van der Waals surface area contributed by atoms with Gasteiger partial charge in [0.2, 0.25) is 0 Å². The van der Waals surface area contributed by atoms with Crippen LogP contribution in [-0.4, -0.2) is 68.2 Å².